The third-order valence-electron chi connectivity index (χ3n) is 13.7. The second-order valence-electron chi connectivity index (χ2n) is 18.9. The molecule has 19 heteroatoms. The summed E-state index contributed by atoms with van der Waals surface area (Å²) < 4.78 is 43.5. The molecule has 0 spiro atoms. The lowest BCUT2D eigenvalue weighted by atomic mass is 9.72. The number of carbonyl (C=O) groups is 2. The van der Waals surface area contributed by atoms with Crippen molar-refractivity contribution < 1.29 is 32.4 Å². The van der Waals surface area contributed by atoms with Crippen LogP contribution in [0.3, 0.4) is 0 Å². The number of pyridine rings is 1. The lowest BCUT2D eigenvalue weighted by Crippen LogP contribution is -2.54. The Hall–Kier alpha value is -6.60. The van der Waals surface area contributed by atoms with E-state index in [4.69, 9.17) is 26.1 Å². The molecule has 358 valence electrons. The van der Waals surface area contributed by atoms with E-state index in [1.807, 2.05) is 36.4 Å². The van der Waals surface area contributed by atoms with Crippen LogP contribution in [0.1, 0.15) is 62.4 Å². The molecule has 69 heavy (non-hydrogen) atoms. The molecule has 2 amide bonds. The number of amides is 2. The quantitative estimate of drug-likeness (QED) is 0.0651. The van der Waals surface area contributed by atoms with E-state index in [9.17, 15) is 28.1 Å². The second kappa shape index (κ2) is 18.4. The molecule has 2 saturated heterocycles. The van der Waals surface area contributed by atoms with E-state index < -0.39 is 37.5 Å². The minimum atomic E-state index is -4.68. The molecule has 6 aromatic rings. The Morgan fingerprint density at radius 1 is 1.03 bits per heavy atom. The van der Waals surface area contributed by atoms with Crippen molar-refractivity contribution >= 4 is 72.5 Å². The van der Waals surface area contributed by atoms with Crippen molar-refractivity contribution in [2.45, 2.75) is 63.5 Å². The van der Waals surface area contributed by atoms with Gasteiger partial charge in [-0.1, -0.05) is 49.2 Å². The van der Waals surface area contributed by atoms with Crippen LogP contribution in [0.25, 0.3) is 33.3 Å². The molecule has 0 radical (unpaired) electrons. The van der Waals surface area contributed by atoms with Crippen molar-refractivity contribution in [1.82, 2.24) is 34.3 Å². The summed E-state index contributed by atoms with van der Waals surface area (Å²) in [5.41, 5.74) is 7.66. The first-order chi connectivity index (χ1) is 33.1. The lowest BCUT2D eigenvalue weighted by Gasteiger charge is -2.39. The number of ether oxygens (including phenoxy) is 2. The number of nitro groups is 1. The van der Waals surface area contributed by atoms with Gasteiger partial charge in [-0.2, -0.15) is 5.10 Å². The van der Waals surface area contributed by atoms with Crippen LogP contribution in [0.2, 0.25) is 5.02 Å². The summed E-state index contributed by atoms with van der Waals surface area (Å²) in [5.74, 6) is -1.27. The van der Waals surface area contributed by atoms with Crippen LogP contribution in [-0.2, 0) is 19.6 Å². The zero-order valence-electron chi connectivity index (χ0n) is 38.5. The summed E-state index contributed by atoms with van der Waals surface area (Å²) in [6, 6.07) is 20.0. The van der Waals surface area contributed by atoms with Gasteiger partial charge in [-0.15, -0.1) is 0 Å². The Kier molecular flexibility index (Phi) is 12.3. The number of nitro benzene ring substituents is 1. The van der Waals surface area contributed by atoms with Crippen molar-refractivity contribution in [2.24, 2.45) is 5.41 Å². The maximum Gasteiger partial charge on any atom is 0.312 e. The summed E-state index contributed by atoms with van der Waals surface area (Å²) >= 11 is 6.26. The maximum atomic E-state index is 14.3. The van der Waals surface area contributed by atoms with Gasteiger partial charge in [-0.25, -0.2) is 22.8 Å². The van der Waals surface area contributed by atoms with Crippen molar-refractivity contribution in [1.29, 1.82) is 0 Å². The number of aromatic amines is 1. The van der Waals surface area contributed by atoms with Gasteiger partial charge in [0, 0.05) is 74.6 Å². The molecule has 0 saturated carbocycles. The predicted octanol–water partition coefficient (Wildman–Crippen LogP) is 7.69. The van der Waals surface area contributed by atoms with E-state index in [0.717, 1.165) is 79.1 Å². The molecule has 17 nitrogen and oxygen atoms in total. The Balaban J connectivity index is 0.898. The van der Waals surface area contributed by atoms with Crippen molar-refractivity contribution in [2.75, 3.05) is 57.4 Å². The average Bonchev–Trinajstić information content (AvgIpc) is 3.93. The number of aromatic nitrogens is 4. The maximum absolute atomic E-state index is 14.3. The highest BCUT2D eigenvalue weighted by atomic mass is 35.5. The van der Waals surface area contributed by atoms with Gasteiger partial charge in [0.05, 0.1) is 45.4 Å². The van der Waals surface area contributed by atoms with Crippen LogP contribution < -0.4 is 14.4 Å². The van der Waals surface area contributed by atoms with Gasteiger partial charge in [0.25, 0.3) is 15.9 Å². The molecular formula is C50H52ClN9O8S. The van der Waals surface area contributed by atoms with E-state index in [0.29, 0.717) is 42.0 Å². The van der Waals surface area contributed by atoms with Crippen molar-refractivity contribution in [3.8, 4) is 11.4 Å². The van der Waals surface area contributed by atoms with E-state index in [2.05, 4.69) is 50.6 Å². The lowest BCUT2D eigenvalue weighted by molar-refractivity contribution is -0.386. The standard InChI is InChI=1S/C50H52ClN9O8S/c1-31(61)58-22-23-67-46(47(58)33-4-5-33)30-68-45-13-11-38(26-44(45)60(63)64)69(65,66)55-49(62)39-12-10-37(25-42(39)59-43-24-34-15-17-52-48(34)54-41(43)28-53-59)57-20-18-56(19-21-57)29-35-14-16-50(2,3)27-40(35)32-6-8-36(51)9-7-32/h4,6-13,15,17,24-26,28,46-47H,5,14,16,18-23,27,29-30H2,1-3H3,(H,52,54)(H,55,62)/t46-,47?/m0/s1. The Labute approximate surface area is 403 Å². The second-order valence-corrected chi connectivity index (χ2v) is 21.1. The molecule has 5 heterocycles. The molecule has 10 rings (SSSR count). The number of benzene rings is 3. The number of piperazine rings is 1. The van der Waals surface area contributed by atoms with Gasteiger partial charge in [0.1, 0.15) is 23.9 Å². The molecule has 2 N–H and O–H groups in total. The van der Waals surface area contributed by atoms with Gasteiger partial charge >= 0.3 is 5.69 Å². The van der Waals surface area contributed by atoms with Crippen LogP contribution in [0.5, 0.6) is 5.75 Å². The number of fused-ring (bicyclic) bond motifs is 2. The highest BCUT2D eigenvalue weighted by molar-refractivity contribution is 7.90. The Morgan fingerprint density at radius 2 is 1.81 bits per heavy atom. The Morgan fingerprint density at radius 3 is 2.55 bits per heavy atom. The molecule has 1 unspecified atom stereocenters. The number of carbonyl (C=O) groups excluding carboxylic acids is 2. The van der Waals surface area contributed by atoms with Gasteiger partial charge in [-0.3, -0.25) is 24.6 Å². The highest BCUT2D eigenvalue weighted by Gasteiger charge is 2.40. The van der Waals surface area contributed by atoms with Gasteiger partial charge in [-0.05, 0) is 102 Å². The van der Waals surface area contributed by atoms with Crippen LogP contribution in [0.4, 0.5) is 11.4 Å². The van der Waals surface area contributed by atoms with Crippen molar-refractivity contribution in [3.05, 3.63) is 129 Å². The summed E-state index contributed by atoms with van der Waals surface area (Å²) in [7, 11) is -4.68. The fraction of sp³-hybridized carbons (Fsp3) is 0.360. The molecule has 3 aromatic carbocycles. The van der Waals surface area contributed by atoms with E-state index in [1.165, 1.54) is 29.7 Å². The number of hydrogen-bond acceptors (Lipinski definition) is 12. The van der Waals surface area contributed by atoms with E-state index in [1.54, 1.807) is 34.1 Å². The fourth-order valence-electron chi connectivity index (χ4n) is 9.90. The fourth-order valence-corrected chi connectivity index (χ4v) is 11.0. The highest BCUT2D eigenvalue weighted by Crippen LogP contribution is 2.44. The third-order valence-corrected chi connectivity index (χ3v) is 15.3. The van der Waals surface area contributed by atoms with Crippen LogP contribution in [-0.4, -0.2) is 119 Å². The molecule has 0 bridgehead atoms. The number of nitrogens with zero attached hydrogens (tertiary/aromatic N) is 7. The number of rotatable bonds is 13. The number of nitrogens with one attached hydrogen (secondary N) is 2. The number of halogens is 1. The molecule has 2 atom stereocenters. The zero-order chi connectivity index (χ0) is 48.2. The summed E-state index contributed by atoms with van der Waals surface area (Å²) in [6.07, 6.45) is 8.65. The topological polar surface area (TPSA) is 198 Å². The van der Waals surface area contributed by atoms with E-state index >= 15 is 0 Å². The normalized spacial score (nSPS) is 19.7. The van der Waals surface area contributed by atoms with E-state index in [-0.39, 0.29) is 41.9 Å². The monoisotopic (exact) mass is 973 g/mol. The average molecular weight is 975 g/mol. The summed E-state index contributed by atoms with van der Waals surface area (Å²) in [5, 5.41) is 18.5. The SMILES string of the molecule is CC(=O)N1CCO[C@@H](COc2ccc(S(=O)(=O)NC(=O)c3ccc(N4CCN(CC5=C(c6ccc(Cl)cc6)CC(C)(C)CC5)CC4)cc3-n3ncc4nc5[nH]ccc5cc43)cc2[N+](=O)[O-])C1C1=CC1. The van der Waals surface area contributed by atoms with Crippen LogP contribution in [0, 0.1) is 15.5 Å². The molecule has 2 aliphatic carbocycles. The van der Waals surface area contributed by atoms with Crippen LogP contribution >= 0.6 is 11.6 Å². The molecule has 2 aliphatic heterocycles. The molecule has 3 aromatic heterocycles. The Bertz CT molecular complexity index is 3190. The smallest absolute Gasteiger partial charge is 0.312 e. The predicted molar refractivity (Wildman–Crippen MR) is 262 cm³/mol. The van der Waals surface area contributed by atoms with Crippen LogP contribution in [0.15, 0.2) is 107 Å². The molecular weight excluding hydrogens is 922 g/mol. The molecule has 4 aliphatic rings. The largest absolute Gasteiger partial charge is 0.484 e. The third kappa shape index (κ3) is 9.58. The minimum Gasteiger partial charge on any atom is -0.484 e. The number of anilines is 1. The summed E-state index contributed by atoms with van der Waals surface area (Å²) in [4.78, 5) is 52.0. The first-order valence-electron chi connectivity index (χ1n) is 23.1. The first kappa shape index (κ1) is 46.1. The number of morpholine rings is 1. The number of hydrogen-bond donors (Lipinski definition) is 2. The number of allylic oxidation sites excluding steroid dienone is 2. The summed E-state index contributed by atoms with van der Waals surface area (Å²) in [6.45, 7) is 10.6. The van der Waals surface area contributed by atoms with Gasteiger partial charge in [0.2, 0.25) is 5.91 Å². The first-order valence-corrected chi connectivity index (χ1v) is 24.9. The number of H-pyrrole nitrogens is 1. The zero-order valence-corrected chi connectivity index (χ0v) is 40.1. The van der Waals surface area contributed by atoms with Gasteiger partial charge < -0.3 is 24.3 Å². The van der Waals surface area contributed by atoms with Gasteiger partial charge in [0.15, 0.2) is 5.75 Å². The van der Waals surface area contributed by atoms with Crippen molar-refractivity contribution in [3.63, 3.8) is 0 Å². The number of sulfonamides is 1. The molecule has 2 fully saturated rings. The minimum absolute atomic E-state index is 0.00360.